The smallest absolute Gasteiger partial charge is 0.294 e. The lowest BCUT2D eigenvalue weighted by Gasteiger charge is -2.27. The second kappa shape index (κ2) is 9.06. The highest BCUT2D eigenvalue weighted by Crippen LogP contribution is 2.28. The zero-order valence-corrected chi connectivity index (χ0v) is 17.7. The number of thioether (sulfide) groups is 1. The summed E-state index contributed by atoms with van der Waals surface area (Å²) in [5.74, 6) is 0.0934. The second-order valence-electron chi connectivity index (χ2n) is 6.44. The minimum atomic E-state index is -0.477. The molecule has 8 nitrogen and oxygen atoms in total. The SMILES string of the molecule is Cc1ccc(N2NC(C(=O)Nc3nnc(SCc4ccccc4)s3)=NCC2=O)cc1. The molecule has 0 radical (unpaired) electrons. The van der Waals surface area contributed by atoms with Crippen molar-refractivity contribution in [3.05, 3.63) is 65.7 Å². The van der Waals surface area contributed by atoms with Gasteiger partial charge in [-0.15, -0.1) is 10.2 Å². The van der Waals surface area contributed by atoms with Gasteiger partial charge >= 0.3 is 0 Å². The van der Waals surface area contributed by atoms with Crippen LogP contribution < -0.4 is 15.8 Å². The molecule has 3 aromatic rings. The Balaban J connectivity index is 1.37. The molecule has 0 bridgehead atoms. The van der Waals surface area contributed by atoms with Gasteiger partial charge in [-0.3, -0.25) is 25.3 Å². The summed E-state index contributed by atoms with van der Waals surface area (Å²) < 4.78 is 0.754. The highest BCUT2D eigenvalue weighted by molar-refractivity contribution is 8.00. The number of aliphatic imine (C=N–C) groups is 1. The molecule has 1 aliphatic heterocycles. The van der Waals surface area contributed by atoms with Crippen molar-refractivity contribution in [2.24, 2.45) is 4.99 Å². The van der Waals surface area contributed by atoms with Crippen LogP contribution in [0.4, 0.5) is 10.8 Å². The quantitative estimate of drug-likeness (QED) is 0.453. The van der Waals surface area contributed by atoms with Gasteiger partial charge in [0.1, 0.15) is 6.54 Å². The second-order valence-corrected chi connectivity index (χ2v) is 8.64. The third kappa shape index (κ3) is 4.84. The van der Waals surface area contributed by atoms with Gasteiger partial charge in [0.05, 0.1) is 5.69 Å². The fourth-order valence-electron chi connectivity index (χ4n) is 2.64. The summed E-state index contributed by atoms with van der Waals surface area (Å²) in [5, 5.41) is 12.5. The van der Waals surface area contributed by atoms with Crippen LogP contribution in [0, 0.1) is 6.92 Å². The van der Waals surface area contributed by atoms with E-state index in [0.717, 1.165) is 15.7 Å². The Bertz CT molecular complexity index is 1080. The lowest BCUT2D eigenvalue weighted by atomic mass is 10.2. The van der Waals surface area contributed by atoms with E-state index < -0.39 is 5.91 Å². The minimum Gasteiger partial charge on any atom is -0.294 e. The maximum absolute atomic E-state index is 12.6. The van der Waals surface area contributed by atoms with Crippen LogP contribution >= 0.6 is 23.1 Å². The van der Waals surface area contributed by atoms with Crippen LogP contribution in [0.1, 0.15) is 11.1 Å². The first-order chi connectivity index (χ1) is 14.6. The number of aromatic nitrogens is 2. The van der Waals surface area contributed by atoms with E-state index in [0.29, 0.717) is 10.8 Å². The number of amides is 2. The lowest BCUT2D eigenvalue weighted by molar-refractivity contribution is -0.118. The standard InChI is InChI=1S/C20H18N6O2S2/c1-13-7-9-15(10-8-13)26-16(27)11-21-17(25-26)18(28)22-19-23-24-20(30-19)29-12-14-5-3-2-4-6-14/h2-10H,11-12H2,1H3,(H,21,25)(H,22,23,28). The number of carbonyl (C=O) groups excluding carboxylic acids is 2. The van der Waals surface area contributed by atoms with E-state index >= 15 is 0 Å². The zero-order chi connectivity index (χ0) is 20.9. The number of nitrogens with zero attached hydrogens (tertiary/aromatic N) is 4. The van der Waals surface area contributed by atoms with Gasteiger partial charge in [0.15, 0.2) is 4.34 Å². The summed E-state index contributed by atoms with van der Waals surface area (Å²) in [6.45, 7) is 1.85. The number of hydrogen-bond acceptors (Lipinski definition) is 8. The number of amidine groups is 1. The predicted molar refractivity (Wildman–Crippen MR) is 119 cm³/mol. The fourth-order valence-corrected chi connectivity index (χ4v) is 4.34. The van der Waals surface area contributed by atoms with E-state index in [2.05, 4.69) is 25.9 Å². The molecule has 2 heterocycles. The molecule has 30 heavy (non-hydrogen) atoms. The average molecular weight is 439 g/mol. The van der Waals surface area contributed by atoms with Gasteiger partial charge < -0.3 is 0 Å². The van der Waals surface area contributed by atoms with E-state index in [1.807, 2.05) is 61.5 Å². The van der Waals surface area contributed by atoms with Crippen molar-refractivity contribution >= 4 is 51.6 Å². The highest BCUT2D eigenvalue weighted by atomic mass is 32.2. The van der Waals surface area contributed by atoms with E-state index in [1.54, 1.807) is 11.8 Å². The van der Waals surface area contributed by atoms with Crippen molar-refractivity contribution in [3.63, 3.8) is 0 Å². The Labute approximate surface area is 181 Å². The number of benzene rings is 2. The minimum absolute atomic E-state index is 0.0452. The average Bonchev–Trinajstić information content (AvgIpc) is 3.21. The number of rotatable bonds is 6. The number of hydrogen-bond donors (Lipinski definition) is 2. The van der Waals surface area contributed by atoms with Crippen LogP contribution in [-0.2, 0) is 15.3 Å². The number of aryl methyl sites for hydroxylation is 1. The largest absolute Gasteiger partial charge is 0.294 e. The number of hydrazine groups is 1. The van der Waals surface area contributed by atoms with Crippen molar-refractivity contribution in [2.45, 2.75) is 17.0 Å². The van der Waals surface area contributed by atoms with Gasteiger partial charge in [0.25, 0.3) is 11.8 Å². The molecule has 0 aliphatic carbocycles. The Morgan fingerprint density at radius 3 is 2.70 bits per heavy atom. The van der Waals surface area contributed by atoms with Gasteiger partial charge in [0, 0.05) is 5.75 Å². The normalized spacial score (nSPS) is 13.6. The molecule has 0 atom stereocenters. The first-order valence-corrected chi connectivity index (χ1v) is 10.9. The molecule has 4 rings (SSSR count). The maximum atomic E-state index is 12.6. The highest BCUT2D eigenvalue weighted by Gasteiger charge is 2.26. The van der Waals surface area contributed by atoms with E-state index in [4.69, 9.17) is 0 Å². The van der Waals surface area contributed by atoms with Crippen molar-refractivity contribution in [1.29, 1.82) is 0 Å². The Hall–Kier alpha value is -3.24. The molecule has 2 N–H and O–H groups in total. The summed E-state index contributed by atoms with van der Waals surface area (Å²) in [6.07, 6.45) is 0. The van der Waals surface area contributed by atoms with Crippen LogP contribution in [0.15, 0.2) is 63.9 Å². The topological polar surface area (TPSA) is 99.6 Å². The van der Waals surface area contributed by atoms with Gasteiger partial charge in [-0.25, -0.2) is 5.01 Å². The third-order valence-electron chi connectivity index (χ3n) is 4.18. The molecular weight excluding hydrogens is 420 g/mol. The summed E-state index contributed by atoms with van der Waals surface area (Å²) in [5.41, 5.74) is 5.69. The van der Waals surface area contributed by atoms with Crippen molar-refractivity contribution < 1.29 is 9.59 Å². The predicted octanol–water partition coefficient (Wildman–Crippen LogP) is 3.03. The molecule has 1 aliphatic rings. The number of nitrogens with one attached hydrogen (secondary N) is 2. The molecule has 2 aromatic carbocycles. The Morgan fingerprint density at radius 2 is 1.93 bits per heavy atom. The first-order valence-electron chi connectivity index (χ1n) is 9.11. The van der Waals surface area contributed by atoms with Crippen LogP contribution in [-0.4, -0.2) is 34.4 Å². The van der Waals surface area contributed by atoms with Gasteiger partial charge in [-0.2, -0.15) is 0 Å². The van der Waals surface area contributed by atoms with Crippen LogP contribution in [0.2, 0.25) is 0 Å². The van der Waals surface area contributed by atoms with Gasteiger partial charge in [-0.1, -0.05) is 71.1 Å². The maximum Gasteiger partial charge on any atom is 0.294 e. The van der Waals surface area contributed by atoms with Crippen molar-refractivity contribution in [2.75, 3.05) is 16.9 Å². The van der Waals surface area contributed by atoms with E-state index in [9.17, 15) is 9.59 Å². The summed E-state index contributed by atoms with van der Waals surface area (Å²) in [7, 11) is 0. The monoisotopic (exact) mass is 438 g/mol. The van der Waals surface area contributed by atoms with Crippen LogP contribution in [0.25, 0.3) is 0 Å². The molecule has 0 fully saturated rings. The van der Waals surface area contributed by atoms with Crippen LogP contribution in [0.5, 0.6) is 0 Å². The summed E-state index contributed by atoms with van der Waals surface area (Å²) in [6, 6.07) is 17.5. The molecule has 0 saturated carbocycles. The molecule has 2 amide bonds. The van der Waals surface area contributed by atoms with Gasteiger partial charge in [0.2, 0.25) is 11.0 Å². The molecule has 1 aromatic heterocycles. The first kappa shape index (κ1) is 20.0. The summed E-state index contributed by atoms with van der Waals surface area (Å²) in [4.78, 5) is 28.8. The van der Waals surface area contributed by atoms with E-state index in [1.165, 1.54) is 21.9 Å². The Morgan fingerprint density at radius 1 is 1.17 bits per heavy atom. The van der Waals surface area contributed by atoms with Crippen molar-refractivity contribution in [3.8, 4) is 0 Å². The lowest BCUT2D eigenvalue weighted by Crippen LogP contribution is -2.54. The molecular formula is C20H18N6O2S2. The number of anilines is 2. The fraction of sp³-hybridized carbons (Fsp3) is 0.150. The van der Waals surface area contributed by atoms with E-state index in [-0.39, 0.29) is 18.3 Å². The molecule has 152 valence electrons. The van der Waals surface area contributed by atoms with Gasteiger partial charge in [-0.05, 0) is 24.6 Å². The zero-order valence-electron chi connectivity index (χ0n) is 16.0. The van der Waals surface area contributed by atoms with Crippen molar-refractivity contribution in [1.82, 2.24) is 15.6 Å². The third-order valence-corrected chi connectivity index (χ3v) is 6.22. The molecule has 0 spiro atoms. The van der Waals surface area contributed by atoms with Crippen LogP contribution in [0.3, 0.4) is 0 Å². The summed E-state index contributed by atoms with van der Waals surface area (Å²) >= 11 is 2.84. The Kier molecular flexibility index (Phi) is 6.05. The molecule has 0 saturated heterocycles. The molecule has 0 unspecified atom stereocenters. The molecule has 10 heteroatoms. The number of carbonyl (C=O) groups is 2.